The van der Waals surface area contributed by atoms with Crippen LogP contribution in [0.3, 0.4) is 0 Å². The first-order valence-corrected chi connectivity index (χ1v) is 23.8. The van der Waals surface area contributed by atoms with Crippen molar-refractivity contribution in [2.24, 2.45) is 25.9 Å². The molecule has 0 radical (unpaired) electrons. The molecule has 0 aliphatic heterocycles. The summed E-state index contributed by atoms with van der Waals surface area (Å²) in [6.45, 7) is 1.35. The summed E-state index contributed by atoms with van der Waals surface area (Å²) in [7, 11) is 7.06. The highest BCUT2D eigenvalue weighted by Gasteiger charge is 2.31. The highest BCUT2D eigenvalue weighted by atomic mass is 16.6. The van der Waals surface area contributed by atoms with Crippen LogP contribution in [0.2, 0.25) is 0 Å². The number of amides is 2. The van der Waals surface area contributed by atoms with Gasteiger partial charge in [-0.05, 0) is 103 Å². The van der Waals surface area contributed by atoms with Crippen LogP contribution in [0.4, 0.5) is 9.59 Å². The first-order valence-electron chi connectivity index (χ1n) is 23.8. The number of carboxylic acids is 1. The molecule has 2 amide bonds. The summed E-state index contributed by atoms with van der Waals surface area (Å²) in [6.07, 6.45) is 16.8. The molecule has 3 N–H and O–H groups in total. The number of aromatic amines is 1. The molecule has 0 bridgehead atoms. The van der Waals surface area contributed by atoms with E-state index in [4.69, 9.17) is 18.9 Å². The van der Waals surface area contributed by atoms with Crippen LogP contribution in [-0.4, -0.2) is 117 Å². The quantitative estimate of drug-likeness (QED) is 0.118. The highest BCUT2D eigenvalue weighted by Crippen LogP contribution is 2.33. The molecule has 4 atom stereocenters. The molecule has 4 fully saturated rings. The third-order valence-corrected chi connectivity index (χ3v) is 14.0. The maximum atomic E-state index is 12.7. The number of aliphatic hydroxyl groups excluding tert-OH is 1. The Kier molecular flexibility index (Phi) is 16.5. The van der Waals surface area contributed by atoms with Gasteiger partial charge in [-0.15, -0.1) is 0 Å². The molecule has 20 nitrogen and oxygen atoms in total. The van der Waals surface area contributed by atoms with Crippen LogP contribution in [0.15, 0.2) is 35.5 Å². The molecule has 4 aromatic heterocycles. The van der Waals surface area contributed by atoms with Crippen LogP contribution in [0, 0.1) is 11.8 Å². The number of pyridine rings is 1. The number of nitrogens with zero attached hydrogens (tertiary/aromatic N) is 8. The number of carboxylic acid groups (broad SMARTS) is 1. The second-order valence-corrected chi connectivity index (χ2v) is 18.5. The number of ether oxygens (including phenoxy) is 4. The molecule has 20 heteroatoms. The summed E-state index contributed by atoms with van der Waals surface area (Å²) in [6, 6.07) is 3.98. The smallest absolute Gasteiger partial charge is 0.410 e. The van der Waals surface area contributed by atoms with Crippen molar-refractivity contribution in [3.8, 4) is 34.1 Å². The maximum absolute atomic E-state index is 12.7. The molecular weight excluding hydrogens is 879 g/mol. The van der Waals surface area contributed by atoms with Crippen molar-refractivity contribution in [1.29, 1.82) is 0 Å². The zero-order valence-corrected chi connectivity index (χ0v) is 39.7. The Labute approximate surface area is 395 Å². The molecule has 68 heavy (non-hydrogen) atoms. The largest absolute Gasteiger partial charge is 0.488 e. The lowest BCUT2D eigenvalue weighted by molar-refractivity contribution is -0.143. The van der Waals surface area contributed by atoms with Crippen LogP contribution in [0.25, 0.3) is 22.5 Å². The van der Waals surface area contributed by atoms with Crippen LogP contribution in [0.1, 0.15) is 120 Å². The lowest BCUT2D eigenvalue weighted by Crippen LogP contribution is -2.41. The summed E-state index contributed by atoms with van der Waals surface area (Å²) >= 11 is 0. The van der Waals surface area contributed by atoms with Crippen LogP contribution >= 0.6 is 0 Å². The molecule has 8 rings (SSSR count). The van der Waals surface area contributed by atoms with E-state index in [2.05, 4.69) is 25.1 Å². The molecule has 4 saturated carbocycles. The SMILES string of the molecule is CC(=O)[C@H]1CCC[C@H](Oc2ncc(-c3cnn(C)c3COC(=O)N(C)C3CCCC3)[nH]c2=O)C1.CN(C(=O)OCc1c(-c2ccc(O[C@H]3CCC[C@H](C(=O)O)C3)c(CO)n2)cnn1C)C1CCC1. The first-order chi connectivity index (χ1) is 32.7. The van der Waals surface area contributed by atoms with Gasteiger partial charge in [0, 0.05) is 57.3 Å². The van der Waals surface area contributed by atoms with Gasteiger partial charge in [0.05, 0.1) is 60.0 Å². The molecule has 0 saturated heterocycles. The second kappa shape index (κ2) is 22.7. The van der Waals surface area contributed by atoms with Crippen LogP contribution in [0.5, 0.6) is 11.6 Å². The van der Waals surface area contributed by atoms with Crippen molar-refractivity contribution in [2.45, 2.75) is 147 Å². The number of aromatic nitrogens is 7. The standard InChI is InChI=1S/C24H33N5O5.C24H32N4O6/c1-15(30)16-7-6-10-18(11-16)34-23-22(31)27-20(13-25-23)19-12-26-29(3)21(19)14-33-24(32)28(2)17-8-4-5-9-17;1-27(16-6-4-7-16)24(32)33-14-21-18(12-25-28(21)2)19-9-10-22(20(13-29)26-19)34-17-8-3-5-15(11-17)23(30)31/h12-13,16-18H,4-11,14H2,1-3H3,(H,27,31);9-10,12,15-17,29H,3-8,11,13-14H2,1-2H3,(H,30,31)/t16-,18-;15-,17-/m00/s1. The Hall–Kier alpha value is -6.31. The number of aliphatic carboxylic acids is 1. The highest BCUT2D eigenvalue weighted by molar-refractivity contribution is 5.78. The number of carbonyl (C=O) groups is 4. The predicted octanol–water partition coefficient (Wildman–Crippen LogP) is 6.33. The summed E-state index contributed by atoms with van der Waals surface area (Å²) in [5.74, 6) is -0.634. The Morgan fingerprint density at radius 3 is 1.84 bits per heavy atom. The van der Waals surface area contributed by atoms with E-state index in [0.29, 0.717) is 64.6 Å². The van der Waals surface area contributed by atoms with Gasteiger partial charge in [-0.3, -0.25) is 23.7 Å². The number of nitrogens with one attached hydrogen (secondary N) is 1. The van der Waals surface area contributed by atoms with Crippen LogP contribution < -0.4 is 15.0 Å². The summed E-state index contributed by atoms with van der Waals surface area (Å²) in [5.41, 5.74) is 3.63. The van der Waals surface area contributed by atoms with Gasteiger partial charge in [0.15, 0.2) is 0 Å². The molecule has 0 aromatic carbocycles. The summed E-state index contributed by atoms with van der Waals surface area (Å²) < 4.78 is 26.2. The maximum Gasteiger partial charge on any atom is 0.410 e. The third kappa shape index (κ3) is 12.0. The van der Waals surface area contributed by atoms with E-state index >= 15 is 0 Å². The van der Waals surface area contributed by atoms with E-state index in [1.807, 2.05) is 0 Å². The number of ketones is 1. The number of aliphatic hydroxyl groups is 1. The summed E-state index contributed by atoms with van der Waals surface area (Å²) in [4.78, 5) is 75.6. The number of hydrogen-bond donors (Lipinski definition) is 3. The molecule has 4 aliphatic carbocycles. The van der Waals surface area contributed by atoms with Crippen molar-refractivity contribution in [1.82, 2.24) is 44.3 Å². The Morgan fingerprint density at radius 2 is 1.28 bits per heavy atom. The monoisotopic (exact) mass is 943 g/mol. The minimum Gasteiger partial charge on any atom is -0.488 e. The fourth-order valence-electron chi connectivity index (χ4n) is 9.44. The lowest BCUT2D eigenvalue weighted by atomic mass is 9.85. The fraction of sp³-hybridized carbons (Fsp3) is 0.604. The molecular formula is C48H65N9O11. The summed E-state index contributed by atoms with van der Waals surface area (Å²) in [5, 5.41) is 27.8. The van der Waals surface area contributed by atoms with Crippen LogP contribution in [-0.2, 0) is 53.0 Å². The number of H-pyrrole nitrogens is 1. The van der Waals surface area contributed by atoms with Crippen molar-refractivity contribution >= 4 is 23.9 Å². The number of carbonyl (C=O) groups excluding carboxylic acids is 3. The van der Waals surface area contributed by atoms with Crippen molar-refractivity contribution in [3.63, 3.8) is 0 Å². The molecule has 0 unspecified atom stereocenters. The Bertz CT molecular complexity index is 2460. The van der Waals surface area contributed by atoms with Gasteiger partial charge in [-0.2, -0.15) is 10.2 Å². The van der Waals surface area contributed by atoms with Crippen molar-refractivity contribution in [2.75, 3.05) is 14.1 Å². The molecule has 4 aromatic rings. The van der Waals surface area contributed by atoms with Gasteiger partial charge < -0.3 is 43.9 Å². The van der Waals surface area contributed by atoms with E-state index in [9.17, 15) is 34.2 Å². The van der Waals surface area contributed by atoms with E-state index in [0.717, 1.165) is 77.0 Å². The number of aryl methyl sites for hydroxylation is 2. The average molecular weight is 944 g/mol. The van der Waals surface area contributed by atoms with Gasteiger partial charge in [-0.25, -0.2) is 19.6 Å². The van der Waals surface area contributed by atoms with E-state index in [1.54, 1.807) is 78.8 Å². The number of rotatable bonds is 15. The van der Waals surface area contributed by atoms with Crippen molar-refractivity contribution in [3.05, 3.63) is 58.2 Å². The van der Waals surface area contributed by atoms with Gasteiger partial charge in [0.1, 0.15) is 36.5 Å². The van der Waals surface area contributed by atoms with E-state index in [-0.39, 0.29) is 73.9 Å². The normalized spacial score (nSPS) is 20.6. The number of Topliss-reactive ketones (excluding diaryl/α,β-unsaturated/α-hetero) is 1. The van der Waals surface area contributed by atoms with Crippen molar-refractivity contribution < 1.29 is 48.3 Å². The zero-order chi connectivity index (χ0) is 48.5. The van der Waals surface area contributed by atoms with Gasteiger partial charge >= 0.3 is 23.7 Å². The Morgan fingerprint density at radius 1 is 0.735 bits per heavy atom. The second-order valence-electron chi connectivity index (χ2n) is 18.5. The zero-order valence-electron chi connectivity index (χ0n) is 39.7. The topological polar surface area (TPSA) is 246 Å². The van der Waals surface area contributed by atoms with Gasteiger partial charge in [0.25, 0.3) is 5.88 Å². The van der Waals surface area contributed by atoms with E-state index in [1.165, 1.54) is 6.20 Å². The predicted molar refractivity (Wildman–Crippen MR) is 246 cm³/mol. The molecule has 4 heterocycles. The van der Waals surface area contributed by atoms with E-state index < -0.39 is 17.4 Å². The fourth-order valence-corrected chi connectivity index (χ4v) is 9.44. The van der Waals surface area contributed by atoms with Gasteiger partial charge in [-0.1, -0.05) is 12.8 Å². The minimum atomic E-state index is -0.798. The molecule has 0 spiro atoms. The lowest BCUT2D eigenvalue weighted by Gasteiger charge is -2.33. The molecule has 4 aliphatic rings. The molecule has 368 valence electrons. The Balaban J connectivity index is 0.000000201. The average Bonchev–Trinajstić information content (AvgIpc) is 4.08. The third-order valence-electron chi connectivity index (χ3n) is 14.0. The first kappa shape index (κ1) is 49.6. The van der Waals surface area contributed by atoms with Gasteiger partial charge in [0.2, 0.25) is 0 Å². The minimum absolute atomic E-state index is 0.00647. The number of hydrogen-bond acceptors (Lipinski definition) is 14.